The van der Waals surface area contributed by atoms with E-state index in [0.717, 1.165) is 17.7 Å². The van der Waals surface area contributed by atoms with E-state index in [2.05, 4.69) is 10.6 Å². The minimum Gasteiger partial charge on any atom is -0.467 e. The van der Waals surface area contributed by atoms with Crippen LogP contribution in [0.3, 0.4) is 0 Å². The summed E-state index contributed by atoms with van der Waals surface area (Å²) in [6, 6.07) is 11.1. The van der Waals surface area contributed by atoms with Gasteiger partial charge < -0.3 is 15.1 Å². The number of rotatable bonds is 7. The Morgan fingerprint density at radius 1 is 1.07 bits per heavy atom. The Kier molecular flexibility index (Phi) is 8.23. The summed E-state index contributed by atoms with van der Waals surface area (Å²) in [7, 11) is 0. The van der Waals surface area contributed by atoms with E-state index in [1.54, 1.807) is 18.4 Å². The fourth-order valence-electron chi connectivity index (χ4n) is 3.68. The van der Waals surface area contributed by atoms with E-state index in [1.165, 1.54) is 43.9 Å². The van der Waals surface area contributed by atoms with E-state index < -0.39 is 0 Å². The second-order valence-electron chi connectivity index (χ2n) is 7.60. The Balaban J connectivity index is 1.54. The van der Waals surface area contributed by atoms with E-state index in [0.29, 0.717) is 17.1 Å². The maximum Gasteiger partial charge on any atom is 0.252 e. The van der Waals surface area contributed by atoms with Crippen LogP contribution < -0.4 is 10.6 Å². The van der Waals surface area contributed by atoms with Crippen molar-refractivity contribution < 1.29 is 14.0 Å². The number of carbonyl (C=O) groups is 2. The molecule has 2 aromatic rings. The molecule has 2 amide bonds. The van der Waals surface area contributed by atoms with Crippen molar-refractivity contribution in [2.24, 2.45) is 0 Å². The molecule has 0 radical (unpaired) electrons. The van der Waals surface area contributed by atoms with Crippen LogP contribution in [0.15, 0.2) is 52.0 Å². The van der Waals surface area contributed by atoms with Crippen LogP contribution >= 0.6 is 11.8 Å². The summed E-state index contributed by atoms with van der Waals surface area (Å²) in [6.07, 6.45) is 9.95. The number of nitrogens with one attached hydrogen (secondary N) is 2. The summed E-state index contributed by atoms with van der Waals surface area (Å²) < 4.78 is 5.36. The molecule has 29 heavy (non-hydrogen) atoms. The summed E-state index contributed by atoms with van der Waals surface area (Å²) in [5.41, 5.74) is 0.578. The molecule has 0 aliphatic heterocycles. The number of benzene rings is 1. The third-order valence-electron chi connectivity index (χ3n) is 5.28. The molecule has 1 aliphatic carbocycles. The molecular formula is C23H30N2O3S. The zero-order valence-electron chi connectivity index (χ0n) is 17.0. The molecule has 1 aromatic heterocycles. The van der Waals surface area contributed by atoms with Crippen molar-refractivity contribution in [3.63, 3.8) is 0 Å². The number of furan rings is 1. The molecule has 0 saturated heterocycles. The molecule has 1 aromatic carbocycles. The summed E-state index contributed by atoms with van der Waals surface area (Å²) >= 11 is 1.41. The van der Waals surface area contributed by atoms with Gasteiger partial charge in [0.25, 0.3) is 5.91 Å². The van der Waals surface area contributed by atoms with Gasteiger partial charge in [-0.2, -0.15) is 0 Å². The Morgan fingerprint density at radius 2 is 1.79 bits per heavy atom. The van der Waals surface area contributed by atoms with Gasteiger partial charge in [0.2, 0.25) is 5.91 Å². The third kappa shape index (κ3) is 6.67. The van der Waals surface area contributed by atoms with Crippen molar-refractivity contribution in [3.05, 3.63) is 54.0 Å². The molecule has 1 heterocycles. The number of amides is 2. The molecule has 0 bridgehead atoms. The minimum absolute atomic E-state index is 0.0414. The summed E-state index contributed by atoms with van der Waals surface area (Å²) in [4.78, 5) is 26.0. The number of thioether (sulfide) groups is 1. The van der Waals surface area contributed by atoms with Gasteiger partial charge in [0.05, 0.1) is 23.6 Å². The topological polar surface area (TPSA) is 71.3 Å². The van der Waals surface area contributed by atoms with E-state index in [1.807, 2.05) is 31.2 Å². The van der Waals surface area contributed by atoms with E-state index in [-0.39, 0.29) is 23.9 Å². The highest BCUT2D eigenvalue weighted by molar-refractivity contribution is 8.00. The van der Waals surface area contributed by atoms with Crippen molar-refractivity contribution in [2.45, 2.75) is 68.8 Å². The lowest BCUT2D eigenvalue weighted by Crippen LogP contribution is -2.36. The predicted octanol–water partition coefficient (Wildman–Crippen LogP) is 5.09. The standard InChI is InChI=1S/C23H30N2O3S/c1-17(20-13-9-15-28-20)24-23(27)19-12-7-8-14-21(19)29-16-22(26)25-18-10-5-3-2-4-6-11-18/h7-9,12-15,17-18H,2-6,10-11,16H2,1H3,(H,24,27)(H,25,26)/t17-/m0/s1. The van der Waals surface area contributed by atoms with Crippen LogP contribution in [0, 0.1) is 0 Å². The van der Waals surface area contributed by atoms with Crippen LogP contribution in [0.5, 0.6) is 0 Å². The van der Waals surface area contributed by atoms with Gasteiger partial charge in [-0.05, 0) is 44.0 Å². The van der Waals surface area contributed by atoms with Crippen molar-refractivity contribution in [3.8, 4) is 0 Å². The monoisotopic (exact) mass is 414 g/mol. The number of hydrogen-bond donors (Lipinski definition) is 2. The van der Waals surface area contributed by atoms with Gasteiger partial charge in [0.15, 0.2) is 0 Å². The van der Waals surface area contributed by atoms with Crippen LogP contribution in [0.2, 0.25) is 0 Å². The van der Waals surface area contributed by atoms with Gasteiger partial charge in [-0.3, -0.25) is 9.59 Å². The summed E-state index contributed by atoms with van der Waals surface area (Å²) in [5, 5.41) is 6.14. The number of hydrogen-bond acceptors (Lipinski definition) is 4. The first kappa shape index (κ1) is 21.5. The van der Waals surface area contributed by atoms with Crippen LogP contribution in [0.25, 0.3) is 0 Å². The fraction of sp³-hybridized carbons (Fsp3) is 0.478. The van der Waals surface area contributed by atoms with Crippen LogP contribution in [0.4, 0.5) is 0 Å². The van der Waals surface area contributed by atoms with Crippen LogP contribution in [-0.4, -0.2) is 23.6 Å². The molecule has 6 heteroatoms. The molecule has 0 unspecified atom stereocenters. The molecule has 3 rings (SSSR count). The largest absolute Gasteiger partial charge is 0.467 e. The predicted molar refractivity (Wildman–Crippen MR) is 116 cm³/mol. The maximum absolute atomic E-state index is 12.7. The van der Waals surface area contributed by atoms with Gasteiger partial charge in [0.1, 0.15) is 5.76 Å². The Hall–Kier alpha value is -2.21. The highest BCUT2D eigenvalue weighted by atomic mass is 32.2. The molecule has 0 spiro atoms. The highest BCUT2D eigenvalue weighted by Crippen LogP contribution is 2.24. The zero-order chi connectivity index (χ0) is 20.5. The lowest BCUT2D eigenvalue weighted by Gasteiger charge is -2.21. The molecular weight excluding hydrogens is 384 g/mol. The molecule has 1 atom stereocenters. The van der Waals surface area contributed by atoms with Gasteiger partial charge in [-0.15, -0.1) is 11.8 Å². The average molecular weight is 415 g/mol. The van der Waals surface area contributed by atoms with E-state index in [9.17, 15) is 9.59 Å². The highest BCUT2D eigenvalue weighted by Gasteiger charge is 2.18. The first-order chi connectivity index (χ1) is 14.1. The first-order valence-electron chi connectivity index (χ1n) is 10.5. The minimum atomic E-state index is -0.224. The molecule has 1 saturated carbocycles. The van der Waals surface area contributed by atoms with Crippen molar-refractivity contribution in [1.82, 2.24) is 10.6 Å². The fourth-order valence-corrected chi connectivity index (χ4v) is 4.54. The second-order valence-corrected chi connectivity index (χ2v) is 8.62. The van der Waals surface area contributed by atoms with Gasteiger partial charge in [-0.25, -0.2) is 0 Å². The molecule has 1 aliphatic rings. The maximum atomic E-state index is 12.7. The lowest BCUT2D eigenvalue weighted by molar-refractivity contribution is -0.119. The summed E-state index contributed by atoms with van der Waals surface area (Å²) in [6.45, 7) is 1.88. The van der Waals surface area contributed by atoms with E-state index in [4.69, 9.17) is 4.42 Å². The Morgan fingerprint density at radius 3 is 2.52 bits per heavy atom. The van der Waals surface area contributed by atoms with Gasteiger partial charge in [-0.1, -0.05) is 44.2 Å². The molecule has 1 fully saturated rings. The quantitative estimate of drug-likeness (QED) is 0.619. The normalized spacial score (nSPS) is 16.4. The third-order valence-corrected chi connectivity index (χ3v) is 6.35. The van der Waals surface area contributed by atoms with Crippen molar-refractivity contribution >= 4 is 23.6 Å². The summed E-state index contributed by atoms with van der Waals surface area (Å²) in [5.74, 6) is 0.897. The van der Waals surface area contributed by atoms with Crippen LogP contribution in [-0.2, 0) is 4.79 Å². The lowest BCUT2D eigenvalue weighted by atomic mass is 9.97. The molecule has 5 nitrogen and oxygen atoms in total. The average Bonchev–Trinajstić information content (AvgIpc) is 3.23. The molecule has 2 N–H and O–H groups in total. The SMILES string of the molecule is C[C@H](NC(=O)c1ccccc1SCC(=O)NC1CCCCCCC1)c1ccco1. The first-order valence-corrected chi connectivity index (χ1v) is 11.5. The van der Waals surface area contributed by atoms with Gasteiger partial charge in [0, 0.05) is 10.9 Å². The Bertz CT molecular complexity index is 783. The van der Waals surface area contributed by atoms with Gasteiger partial charge >= 0.3 is 0 Å². The van der Waals surface area contributed by atoms with Crippen LogP contribution in [0.1, 0.15) is 74.0 Å². The second kappa shape index (κ2) is 11.1. The molecule has 156 valence electrons. The Labute approximate surface area is 177 Å². The number of carbonyl (C=O) groups excluding carboxylic acids is 2. The van der Waals surface area contributed by atoms with Crippen molar-refractivity contribution in [1.29, 1.82) is 0 Å². The smallest absolute Gasteiger partial charge is 0.252 e. The van der Waals surface area contributed by atoms with E-state index >= 15 is 0 Å². The zero-order valence-corrected chi connectivity index (χ0v) is 17.8. The van der Waals surface area contributed by atoms with Crippen molar-refractivity contribution in [2.75, 3.05) is 5.75 Å².